The van der Waals surface area contributed by atoms with E-state index in [-0.39, 0.29) is 11.8 Å². The molecule has 1 aromatic carbocycles. The topological polar surface area (TPSA) is 60.2 Å². The average molecular weight is 326 g/mol. The summed E-state index contributed by atoms with van der Waals surface area (Å²) in [6.07, 6.45) is 2.86. The van der Waals surface area contributed by atoms with E-state index in [2.05, 4.69) is 11.2 Å². The maximum Gasteiger partial charge on any atom is 0.233 e. The molecule has 23 heavy (non-hydrogen) atoms. The summed E-state index contributed by atoms with van der Waals surface area (Å²) < 4.78 is 0. The molecule has 1 aliphatic rings. The number of hydrogen-bond donors (Lipinski definition) is 0. The van der Waals surface area contributed by atoms with Gasteiger partial charge in [-0.15, -0.1) is 11.3 Å². The van der Waals surface area contributed by atoms with Gasteiger partial charge in [-0.3, -0.25) is 9.69 Å². The van der Waals surface area contributed by atoms with Crippen LogP contribution < -0.4 is 4.90 Å². The van der Waals surface area contributed by atoms with Gasteiger partial charge in [0.25, 0.3) is 0 Å². The molecule has 1 amide bonds. The van der Waals surface area contributed by atoms with E-state index in [0.717, 1.165) is 22.8 Å². The van der Waals surface area contributed by atoms with Crippen LogP contribution in [-0.4, -0.2) is 35.4 Å². The summed E-state index contributed by atoms with van der Waals surface area (Å²) in [5.41, 5.74) is 1.94. The summed E-state index contributed by atoms with van der Waals surface area (Å²) in [5, 5.41) is 11.7. The second kappa shape index (κ2) is 6.80. The van der Waals surface area contributed by atoms with Crippen LogP contribution in [0, 0.1) is 17.4 Å². The zero-order chi connectivity index (χ0) is 16.2. The third kappa shape index (κ3) is 3.20. The number of aromatic nitrogens is 1. The molecule has 1 saturated heterocycles. The van der Waals surface area contributed by atoms with Gasteiger partial charge in [-0.25, -0.2) is 4.98 Å². The van der Waals surface area contributed by atoms with Gasteiger partial charge in [0.1, 0.15) is 0 Å². The van der Waals surface area contributed by atoms with Gasteiger partial charge >= 0.3 is 0 Å². The van der Waals surface area contributed by atoms with Crippen LogP contribution in [0.1, 0.15) is 13.3 Å². The van der Waals surface area contributed by atoms with Crippen LogP contribution >= 0.6 is 11.3 Å². The summed E-state index contributed by atoms with van der Waals surface area (Å²) in [7, 11) is 0. The molecule has 118 valence electrons. The van der Waals surface area contributed by atoms with Crippen molar-refractivity contribution in [2.75, 3.05) is 24.5 Å². The third-order valence-corrected chi connectivity index (χ3v) is 4.92. The average Bonchev–Trinajstić information content (AvgIpc) is 3.26. The van der Waals surface area contributed by atoms with Gasteiger partial charge < -0.3 is 4.90 Å². The Hall–Kier alpha value is -2.39. The van der Waals surface area contributed by atoms with Crippen LogP contribution in [-0.2, 0) is 4.79 Å². The van der Waals surface area contributed by atoms with Gasteiger partial charge in [0.15, 0.2) is 11.3 Å². The molecule has 0 bridgehead atoms. The molecule has 2 aromatic rings. The van der Waals surface area contributed by atoms with Gasteiger partial charge in [0, 0.05) is 30.6 Å². The fourth-order valence-electron chi connectivity index (χ4n) is 2.79. The second-order valence-electron chi connectivity index (χ2n) is 5.50. The Morgan fingerprint density at radius 2 is 2.26 bits per heavy atom. The van der Waals surface area contributed by atoms with Crippen LogP contribution in [0.4, 0.5) is 5.13 Å². The van der Waals surface area contributed by atoms with Crippen molar-refractivity contribution in [3.8, 4) is 17.5 Å². The van der Waals surface area contributed by atoms with Crippen molar-refractivity contribution in [3.05, 3.63) is 35.7 Å². The fraction of sp³-hybridized carbons (Fsp3) is 0.353. The van der Waals surface area contributed by atoms with Crippen molar-refractivity contribution in [3.63, 3.8) is 0 Å². The monoisotopic (exact) mass is 326 g/mol. The van der Waals surface area contributed by atoms with Gasteiger partial charge in [-0.2, -0.15) is 5.26 Å². The highest BCUT2D eigenvalue weighted by Crippen LogP contribution is 2.29. The SMILES string of the molecule is CCN(C(=O)C1CCN(C#N)C1)c1nc(-c2ccccc2)cs1. The maximum absolute atomic E-state index is 12.7. The first-order valence-corrected chi connectivity index (χ1v) is 8.58. The molecule has 6 heteroatoms. The van der Waals surface area contributed by atoms with E-state index in [1.165, 1.54) is 11.3 Å². The van der Waals surface area contributed by atoms with Crippen molar-refractivity contribution in [1.82, 2.24) is 9.88 Å². The molecule has 0 radical (unpaired) electrons. The van der Waals surface area contributed by atoms with Crippen molar-refractivity contribution in [2.45, 2.75) is 13.3 Å². The van der Waals surface area contributed by atoms with E-state index in [4.69, 9.17) is 5.26 Å². The van der Waals surface area contributed by atoms with Gasteiger partial charge in [-0.05, 0) is 13.3 Å². The Morgan fingerprint density at radius 1 is 1.48 bits per heavy atom. The van der Waals surface area contributed by atoms with Crippen LogP contribution in [0.2, 0.25) is 0 Å². The molecule has 0 aliphatic carbocycles. The Balaban J connectivity index is 1.78. The van der Waals surface area contributed by atoms with E-state index in [0.29, 0.717) is 19.6 Å². The van der Waals surface area contributed by atoms with Gasteiger partial charge in [0.05, 0.1) is 11.6 Å². The molecule has 5 nitrogen and oxygen atoms in total. The lowest BCUT2D eigenvalue weighted by molar-refractivity contribution is -0.121. The summed E-state index contributed by atoms with van der Waals surface area (Å²) >= 11 is 1.49. The zero-order valence-electron chi connectivity index (χ0n) is 13.0. The number of likely N-dealkylation sites (tertiary alicyclic amines) is 1. The van der Waals surface area contributed by atoms with Crippen molar-refractivity contribution in [2.24, 2.45) is 5.92 Å². The van der Waals surface area contributed by atoms with Crippen LogP contribution in [0.3, 0.4) is 0 Å². The molecular weight excluding hydrogens is 308 g/mol. The quantitative estimate of drug-likeness (QED) is 0.811. The van der Waals surface area contributed by atoms with Crippen molar-refractivity contribution >= 4 is 22.4 Å². The Morgan fingerprint density at radius 3 is 2.91 bits per heavy atom. The number of rotatable bonds is 4. The molecule has 2 heterocycles. The lowest BCUT2D eigenvalue weighted by atomic mass is 10.1. The summed E-state index contributed by atoms with van der Waals surface area (Å²) in [6.45, 7) is 3.72. The van der Waals surface area contributed by atoms with Crippen LogP contribution in [0.25, 0.3) is 11.3 Å². The molecule has 0 N–H and O–H groups in total. The predicted molar refractivity (Wildman–Crippen MR) is 90.9 cm³/mol. The lowest BCUT2D eigenvalue weighted by Gasteiger charge is -2.21. The number of carbonyl (C=O) groups excluding carboxylic acids is 1. The first kappa shape index (κ1) is 15.5. The van der Waals surface area contributed by atoms with Crippen LogP contribution in [0.15, 0.2) is 35.7 Å². The van der Waals surface area contributed by atoms with Crippen molar-refractivity contribution in [1.29, 1.82) is 5.26 Å². The minimum Gasteiger partial charge on any atom is -0.310 e. The highest BCUT2D eigenvalue weighted by Gasteiger charge is 2.32. The number of nitriles is 1. The lowest BCUT2D eigenvalue weighted by Crippen LogP contribution is -2.37. The number of anilines is 1. The number of hydrogen-bond acceptors (Lipinski definition) is 5. The van der Waals surface area contributed by atoms with E-state index in [1.807, 2.05) is 42.6 Å². The minimum absolute atomic E-state index is 0.0687. The largest absolute Gasteiger partial charge is 0.310 e. The van der Waals surface area contributed by atoms with Crippen molar-refractivity contribution < 1.29 is 4.79 Å². The highest BCUT2D eigenvalue weighted by atomic mass is 32.1. The fourth-order valence-corrected chi connectivity index (χ4v) is 3.69. The molecule has 0 saturated carbocycles. The Bertz CT molecular complexity index is 722. The van der Waals surface area contributed by atoms with Crippen LogP contribution in [0.5, 0.6) is 0 Å². The molecule has 0 spiro atoms. The summed E-state index contributed by atoms with van der Waals surface area (Å²) in [4.78, 5) is 20.8. The number of amides is 1. The summed E-state index contributed by atoms with van der Waals surface area (Å²) in [5.74, 6) is -0.0436. The zero-order valence-corrected chi connectivity index (χ0v) is 13.8. The Labute approximate surface area is 139 Å². The second-order valence-corrected chi connectivity index (χ2v) is 6.33. The van der Waals surface area contributed by atoms with E-state index < -0.39 is 0 Å². The Kier molecular flexibility index (Phi) is 4.58. The van der Waals surface area contributed by atoms with Gasteiger partial charge in [0.2, 0.25) is 5.91 Å². The molecule has 1 fully saturated rings. The molecule has 1 unspecified atom stereocenters. The number of carbonyl (C=O) groups is 1. The smallest absolute Gasteiger partial charge is 0.233 e. The third-order valence-electron chi connectivity index (χ3n) is 4.05. The first-order chi connectivity index (χ1) is 11.2. The predicted octanol–water partition coefficient (Wildman–Crippen LogP) is 2.97. The molecular formula is C17H18N4OS. The normalized spacial score (nSPS) is 17.0. The first-order valence-electron chi connectivity index (χ1n) is 7.70. The number of benzene rings is 1. The highest BCUT2D eigenvalue weighted by molar-refractivity contribution is 7.14. The molecule has 3 rings (SSSR count). The van der Waals surface area contributed by atoms with E-state index in [9.17, 15) is 4.79 Å². The summed E-state index contributed by atoms with van der Waals surface area (Å²) in [6, 6.07) is 9.95. The van der Waals surface area contributed by atoms with Gasteiger partial charge in [-0.1, -0.05) is 30.3 Å². The molecule has 1 aliphatic heterocycles. The standard InChI is InChI=1S/C17H18N4OS/c1-2-21(16(22)14-8-9-20(10-14)12-18)17-19-15(11-23-17)13-6-4-3-5-7-13/h3-7,11,14H,2,8-10H2,1H3. The number of nitrogens with zero attached hydrogens (tertiary/aromatic N) is 4. The molecule has 1 aromatic heterocycles. The minimum atomic E-state index is -0.112. The number of thiazole rings is 1. The maximum atomic E-state index is 12.7. The van der Waals surface area contributed by atoms with E-state index in [1.54, 1.807) is 9.80 Å². The molecule has 1 atom stereocenters. The van der Waals surface area contributed by atoms with E-state index >= 15 is 0 Å².